The molecule has 0 saturated heterocycles. The van der Waals surface area contributed by atoms with Gasteiger partial charge in [-0.2, -0.15) is 0 Å². The maximum atomic E-state index is 5.82. The van der Waals surface area contributed by atoms with E-state index in [1.165, 1.54) is 5.56 Å². The van der Waals surface area contributed by atoms with Crippen LogP contribution in [0, 0.1) is 6.92 Å². The highest BCUT2D eigenvalue weighted by Crippen LogP contribution is 2.24. The highest BCUT2D eigenvalue weighted by molar-refractivity contribution is 5.37. The van der Waals surface area contributed by atoms with E-state index >= 15 is 0 Å². The number of para-hydroxylation sites is 1. The van der Waals surface area contributed by atoms with Crippen molar-refractivity contribution in [3.8, 4) is 11.5 Å². The number of nitrogens with one attached hydrogen (secondary N) is 1. The topological polar surface area (TPSA) is 21.3 Å². The lowest BCUT2D eigenvalue weighted by Gasteiger charge is -2.08. The predicted molar refractivity (Wildman–Crippen MR) is 70.5 cm³/mol. The summed E-state index contributed by atoms with van der Waals surface area (Å²) in [4.78, 5) is 0. The summed E-state index contributed by atoms with van der Waals surface area (Å²) in [7, 11) is 1.94. The minimum absolute atomic E-state index is 0.874. The van der Waals surface area contributed by atoms with Crippen molar-refractivity contribution < 1.29 is 4.74 Å². The summed E-state index contributed by atoms with van der Waals surface area (Å²) in [5.41, 5.74) is 2.40. The average Bonchev–Trinajstić information content (AvgIpc) is 2.35. The van der Waals surface area contributed by atoms with Crippen LogP contribution in [0.15, 0.2) is 48.5 Å². The molecular weight excluding hydrogens is 210 g/mol. The number of aryl methyl sites for hydroxylation is 1. The van der Waals surface area contributed by atoms with Crippen LogP contribution in [-0.2, 0) is 6.54 Å². The van der Waals surface area contributed by atoms with Gasteiger partial charge in [-0.25, -0.2) is 0 Å². The van der Waals surface area contributed by atoms with E-state index in [0.29, 0.717) is 0 Å². The Bertz CT molecular complexity index is 477. The zero-order valence-electron chi connectivity index (χ0n) is 10.2. The van der Waals surface area contributed by atoms with E-state index in [-0.39, 0.29) is 0 Å². The van der Waals surface area contributed by atoms with E-state index in [0.717, 1.165) is 23.6 Å². The molecule has 0 atom stereocenters. The Balaban J connectivity index is 2.11. The monoisotopic (exact) mass is 227 g/mol. The molecule has 2 heteroatoms. The zero-order valence-corrected chi connectivity index (χ0v) is 10.2. The first kappa shape index (κ1) is 11.7. The predicted octanol–water partition coefficient (Wildman–Crippen LogP) is 3.51. The summed E-state index contributed by atoms with van der Waals surface area (Å²) in [6.45, 7) is 2.93. The van der Waals surface area contributed by atoms with Crippen molar-refractivity contribution >= 4 is 0 Å². The molecule has 0 aliphatic rings. The molecule has 1 N–H and O–H groups in total. The highest BCUT2D eigenvalue weighted by Gasteiger charge is 2.00. The Morgan fingerprint density at radius 1 is 1.00 bits per heavy atom. The Hall–Kier alpha value is -1.80. The highest BCUT2D eigenvalue weighted by atomic mass is 16.5. The molecule has 0 aliphatic heterocycles. The van der Waals surface area contributed by atoms with Crippen LogP contribution in [0.1, 0.15) is 11.1 Å². The molecule has 0 radical (unpaired) electrons. The van der Waals surface area contributed by atoms with E-state index in [9.17, 15) is 0 Å². The zero-order chi connectivity index (χ0) is 12.1. The molecule has 0 bridgehead atoms. The van der Waals surface area contributed by atoms with Gasteiger partial charge < -0.3 is 10.1 Å². The largest absolute Gasteiger partial charge is 0.457 e. The third kappa shape index (κ3) is 3.08. The van der Waals surface area contributed by atoms with E-state index in [4.69, 9.17) is 4.74 Å². The first-order valence-corrected chi connectivity index (χ1v) is 5.76. The van der Waals surface area contributed by atoms with Crippen LogP contribution in [0.2, 0.25) is 0 Å². The molecule has 0 aliphatic carbocycles. The lowest BCUT2D eigenvalue weighted by molar-refractivity contribution is 0.478. The fourth-order valence-corrected chi connectivity index (χ4v) is 1.68. The van der Waals surface area contributed by atoms with Gasteiger partial charge >= 0.3 is 0 Å². The molecule has 17 heavy (non-hydrogen) atoms. The maximum absolute atomic E-state index is 5.82. The summed E-state index contributed by atoms with van der Waals surface area (Å²) in [6, 6.07) is 16.2. The molecule has 2 rings (SSSR count). The van der Waals surface area contributed by atoms with Gasteiger partial charge in [-0.05, 0) is 43.3 Å². The minimum atomic E-state index is 0.874. The van der Waals surface area contributed by atoms with Gasteiger partial charge in [0.2, 0.25) is 0 Å². The van der Waals surface area contributed by atoms with E-state index in [2.05, 4.69) is 17.4 Å². The van der Waals surface area contributed by atoms with Gasteiger partial charge in [0.1, 0.15) is 11.5 Å². The molecule has 0 aromatic heterocycles. The van der Waals surface area contributed by atoms with E-state index in [1.54, 1.807) is 0 Å². The molecule has 0 fully saturated rings. The van der Waals surface area contributed by atoms with Gasteiger partial charge in [0.15, 0.2) is 0 Å². The number of ether oxygens (including phenoxy) is 1. The maximum Gasteiger partial charge on any atom is 0.130 e. The molecule has 0 saturated carbocycles. The fourth-order valence-electron chi connectivity index (χ4n) is 1.68. The Morgan fingerprint density at radius 2 is 1.71 bits per heavy atom. The first-order valence-electron chi connectivity index (χ1n) is 5.76. The molecule has 0 heterocycles. The van der Waals surface area contributed by atoms with Crippen LogP contribution in [0.4, 0.5) is 0 Å². The summed E-state index contributed by atoms with van der Waals surface area (Å²) in [6.07, 6.45) is 0. The van der Waals surface area contributed by atoms with Crippen molar-refractivity contribution in [1.82, 2.24) is 5.32 Å². The lowest BCUT2D eigenvalue weighted by atomic mass is 10.2. The van der Waals surface area contributed by atoms with Gasteiger partial charge in [-0.3, -0.25) is 0 Å². The molecule has 0 unspecified atom stereocenters. The number of rotatable bonds is 4. The van der Waals surface area contributed by atoms with Crippen LogP contribution in [0.3, 0.4) is 0 Å². The van der Waals surface area contributed by atoms with Crippen molar-refractivity contribution in [3.63, 3.8) is 0 Å². The van der Waals surface area contributed by atoms with Crippen LogP contribution >= 0.6 is 0 Å². The lowest BCUT2D eigenvalue weighted by Crippen LogP contribution is -2.04. The number of hydrogen-bond donors (Lipinski definition) is 1. The van der Waals surface area contributed by atoms with Crippen molar-refractivity contribution in [2.75, 3.05) is 7.05 Å². The standard InChI is InChI=1S/C15H17NO/c1-12-5-3-4-6-15(12)17-14-9-7-13(8-10-14)11-16-2/h3-10,16H,11H2,1-2H3. The van der Waals surface area contributed by atoms with Gasteiger partial charge in [-0.1, -0.05) is 30.3 Å². The fraction of sp³-hybridized carbons (Fsp3) is 0.200. The van der Waals surface area contributed by atoms with Gasteiger partial charge in [0.25, 0.3) is 0 Å². The van der Waals surface area contributed by atoms with Gasteiger partial charge in [0, 0.05) is 6.54 Å². The summed E-state index contributed by atoms with van der Waals surface area (Å²) < 4.78 is 5.82. The van der Waals surface area contributed by atoms with Crippen LogP contribution in [0.5, 0.6) is 11.5 Å². The summed E-state index contributed by atoms with van der Waals surface area (Å²) >= 11 is 0. The van der Waals surface area contributed by atoms with E-state index in [1.807, 2.05) is 50.4 Å². The van der Waals surface area contributed by atoms with Crippen molar-refractivity contribution in [3.05, 3.63) is 59.7 Å². The van der Waals surface area contributed by atoms with Crippen LogP contribution in [-0.4, -0.2) is 7.05 Å². The van der Waals surface area contributed by atoms with Gasteiger partial charge in [-0.15, -0.1) is 0 Å². The van der Waals surface area contributed by atoms with Crippen LogP contribution in [0.25, 0.3) is 0 Å². The molecule has 0 amide bonds. The quantitative estimate of drug-likeness (QED) is 0.863. The molecule has 2 aromatic carbocycles. The van der Waals surface area contributed by atoms with Crippen molar-refractivity contribution in [2.45, 2.75) is 13.5 Å². The Kier molecular flexibility index (Phi) is 3.78. The normalized spacial score (nSPS) is 10.2. The second-order valence-electron chi connectivity index (χ2n) is 4.04. The molecule has 2 aromatic rings. The van der Waals surface area contributed by atoms with Crippen molar-refractivity contribution in [2.24, 2.45) is 0 Å². The number of hydrogen-bond acceptors (Lipinski definition) is 2. The second-order valence-corrected chi connectivity index (χ2v) is 4.04. The molecule has 88 valence electrons. The first-order chi connectivity index (χ1) is 8.29. The summed E-state index contributed by atoms with van der Waals surface area (Å²) in [5.74, 6) is 1.79. The minimum Gasteiger partial charge on any atom is -0.457 e. The molecule has 0 spiro atoms. The third-order valence-electron chi connectivity index (χ3n) is 2.63. The molecule has 2 nitrogen and oxygen atoms in total. The Morgan fingerprint density at radius 3 is 2.35 bits per heavy atom. The SMILES string of the molecule is CNCc1ccc(Oc2ccccc2C)cc1. The van der Waals surface area contributed by atoms with Crippen LogP contribution < -0.4 is 10.1 Å². The molecular formula is C15H17NO. The average molecular weight is 227 g/mol. The Labute approximate surface area is 102 Å². The second kappa shape index (κ2) is 5.51. The summed E-state index contributed by atoms with van der Waals surface area (Å²) in [5, 5.41) is 3.12. The third-order valence-corrected chi connectivity index (χ3v) is 2.63. The van der Waals surface area contributed by atoms with Crippen molar-refractivity contribution in [1.29, 1.82) is 0 Å². The number of benzene rings is 2. The smallest absolute Gasteiger partial charge is 0.130 e. The van der Waals surface area contributed by atoms with Gasteiger partial charge in [0.05, 0.1) is 0 Å². The van der Waals surface area contributed by atoms with E-state index < -0.39 is 0 Å².